The molecular formula is C12H16FN3O. The van der Waals surface area contributed by atoms with Crippen molar-refractivity contribution in [3.8, 4) is 0 Å². The molecule has 1 amide bonds. The summed E-state index contributed by atoms with van der Waals surface area (Å²) in [4.78, 5) is 19.6. The number of amides is 1. The van der Waals surface area contributed by atoms with Gasteiger partial charge in [-0.3, -0.25) is 4.79 Å². The first kappa shape index (κ1) is 12.0. The molecule has 1 fully saturated rings. The Labute approximate surface area is 100 Å². The number of hydrogen-bond donors (Lipinski definition) is 0. The molecule has 0 saturated carbocycles. The van der Waals surface area contributed by atoms with E-state index in [-0.39, 0.29) is 5.91 Å². The summed E-state index contributed by atoms with van der Waals surface area (Å²) in [6.07, 6.45) is 2.27. The largest absolute Gasteiger partial charge is 0.337 e. The molecule has 0 aliphatic carbocycles. The normalized spacial score (nSPS) is 17.9. The van der Waals surface area contributed by atoms with Gasteiger partial charge in [-0.25, -0.2) is 4.98 Å². The van der Waals surface area contributed by atoms with Crippen LogP contribution >= 0.6 is 0 Å². The van der Waals surface area contributed by atoms with Gasteiger partial charge in [-0.2, -0.15) is 4.39 Å². The number of aromatic nitrogens is 1. The lowest BCUT2D eigenvalue weighted by atomic mass is 10.2. The number of carbonyl (C=O) groups excluding carboxylic acids is 1. The molecule has 0 spiro atoms. The standard InChI is InChI=1S/C12H16FN3O/c1-15-5-2-6-16(8-7-15)12(17)10-3-4-11(13)14-9-10/h3-4,9H,2,5-8H2,1H3. The number of rotatable bonds is 1. The highest BCUT2D eigenvalue weighted by Crippen LogP contribution is 2.08. The van der Waals surface area contributed by atoms with Gasteiger partial charge in [0.25, 0.3) is 5.91 Å². The van der Waals surface area contributed by atoms with E-state index >= 15 is 0 Å². The third kappa shape index (κ3) is 3.00. The fourth-order valence-corrected chi connectivity index (χ4v) is 1.93. The van der Waals surface area contributed by atoms with Crippen LogP contribution in [0.4, 0.5) is 4.39 Å². The maximum Gasteiger partial charge on any atom is 0.255 e. The number of hydrogen-bond acceptors (Lipinski definition) is 3. The van der Waals surface area contributed by atoms with Gasteiger partial charge in [0.05, 0.1) is 5.56 Å². The minimum atomic E-state index is -0.558. The molecule has 0 radical (unpaired) electrons. The van der Waals surface area contributed by atoms with E-state index in [1.807, 2.05) is 7.05 Å². The lowest BCUT2D eigenvalue weighted by molar-refractivity contribution is 0.0762. The molecular weight excluding hydrogens is 221 g/mol. The van der Waals surface area contributed by atoms with E-state index < -0.39 is 5.95 Å². The van der Waals surface area contributed by atoms with Crippen molar-refractivity contribution in [2.45, 2.75) is 6.42 Å². The molecule has 1 aliphatic rings. The van der Waals surface area contributed by atoms with Crippen molar-refractivity contribution in [2.24, 2.45) is 0 Å². The molecule has 17 heavy (non-hydrogen) atoms. The first-order valence-corrected chi connectivity index (χ1v) is 5.76. The molecule has 92 valence electrons. The van der Waals surface area contributed by atoms with Crippen LogP contribution in [-0.2, 0) is 0 Å². The van der Waals surface area contributed by atoms with E-state index in [1.54, 1.807) is 4.90 Å². The van der Waals surface area contributed by atoms with Crippen molar-refractivity contribution in [3.63, 3.8) is 0 Å². The number of likely N-dealkylation sites (N-methyl/N-ethyl adjacent to an activating group) is 1. The highest BCUT2D eigenvalue weighted by molar-refractivity contribution is 5.93. The summed E-state index contributed by atoms with van der Waals surface area (Å²) in [6, 6.07) is 2.70. The predicted molar refractivity (Wildman–Crippen MR) is 62.2 cm³/mol. The van der Waals surface area contributed by atoms with Crippen LogP contribution in [0.3, 0.4) is 0 Å². The average Bonchev–Trinajstić information content (AvgIpc) is 2.54. The van der Waals surface area contributed by atoms with Crippen LogP contribution in [0.1, 0.15) is 16.8 Å². The maximum absolute atomic E-state index is 12.7. The topological polar surface area (TPSA) is 36.4 Å². The van der Waals surface area contributed by atoms with Crippen molar-refractivity contribution in [1.29, 1.82) is 0 Å². The summed E-state index contributed by atoms with van der Waals surface area (Å²) in [6.45, 7) is 3.35. The van der Waals surface area contributed by atoms with E-state index in [9.17, 15) is 9.18 Å². The van der Waals surface area contributed by atoms with Gasteiger partial charge < -0.3 is 9.80 Å². The van der Waals surface area contributed by atoms with Crippen molar-refractivity contribution < 1.29 is 9.18 Å². The third-order valence-corrected chi connectivity index (χ3v) is 2.98. The second-order valence-electron chi connectivity index (χ2n) is 4.32. The second-order valence-corrected chi connectivity index (χ2v) is 4.32. The van der Waals surface area contributed by atoms with Gasteiger partial charge in [0.2, 0.25) is 5.95 Å². The average molecular weight is 237 g/mol. The van der Waals surface area contributed by atoms with Gasteiger partial charge >= 0.3 is 0 Å². The SMILES string of the molecule is CN1CCCN(C(=O)c2ccc(F)nc2)CC1. The molecule has 1 aromatic heterocycles. The Morgan fingerprint density at radius 1 is 1.29 bits per heavy atom. The van der Waals surface area contributed by atoms with E-state index in [4.69, 9.17) is 0 Å². The zero-order valence-corrected chi connectivity index (χ0v) is 9.90. The predicted octanol–water partition coefficient (Wildman–Crippen LogP) is 0.998. The highest BCUT2D eigenvalue weighted by atomic mass is 19.1. The van der Waals surface area contributed by atoms with Gasteiger partial charge in [-0.1, -0.05) is 0 Å². The molecule has 0 N–H and O–H groups in total. The zero-order valence-electron chi connectivity index (χ0n) is 9.90. The minimum absolute atomic E-state index is 0.0622. The van der Waals surface area contributed by atoms with E-state index in [2.05, 4.69) is 9.88 Å². The van der Waals surface area contributed by atoms with Crippen LogP contribution in [0.15, 0.2) is 18.3 Å². The third-order valence-electron chi connectivity index (χ3n) is 2.98. The molecule has 0 bridgehead atoms. The highest BCUT2D eigenvalue weighted by Gasteiger charge is 2.18. The molecule has 0 atom stereocenters. The van der Waals surface area contributed by atoms with Crippen molar-refractivity contribution >= 4 is 5.91 Å². The van der Waals surface area contributed by atoms with Gasteiger partial charge in [0.15, 0.2) is 0 Å². The summed E-state index contributed by atoms with van der Waals surface area (Å²) in [5, 5.41) is 0. The van der Waals surface area contributed by atoms with Crippen LogP contribution in [-0.4, -0.2) is 53.9 Å². The van der Waals surface area contributed by atoms with E-state index in [0.29, 0.717) is 12.1 Å². The van der Waals surface area contributed by atoms with Crippen LogP contribution in [0.2, 0.25) is 0 Å². The Bertz CT molecular complexity index is 393. The van der Waals surface area contributed by atoms with E-state index in [0.717, 1.165) is 26.1 Å². The fraction of sp³-hybridized carbons (Fsp3) is 0.500. The first-order chi connectivity index (χ1) is 8.16. The molecule has 0 unspecified atom stereocenters. The quantitative estimate of drug-likeness (QED) is 0.684. The van der Waals surface area contributed by atoms with Crippen LogP contribution in [0.5, 0.6) is 0 Å². The Hall–Kier alpha value is -1.49. The van der Waals surface area contributed by atoms with Gasteiger partial charge in [0.1, 0.15) is 0 Å². The zero-order chi connectivity index (χ0) is 12.3. The second kappa shape index (κ2) is 5.23. The number of pyridine rings is 1. The molecule has 5 heteroatoms. The summed E-state index contributed by atoms with van der Waals surface area (Å²) < 4.78 is 12.7. The van der Waals surface area contributed by atoms with E-state index in [1.165, 1.54) is 18.3 Å². The molecule has 0 aromatic carbocycles. The van der Waals surface area contributed by atoms with Gasteiger partial charge in [-0.15, -0.1) is 0 Å². The first-order valence-electron chi connectivity index (χ1n) is 5.76. The molecule has 1 saturated heterocycles. The number of nitrogens with zero attached hydrogens (tertiary/aromatic N) is 3. The van der Waals surface area contributed by atoms with Gasteiger partial charge in [0, 0.05) is 25.8 Å². The van der Waals surface area contributed by atoms with Crippen molar-refractivity contribution in [3.05, 3.63) is 29.8 Å². The van der Waals surface area contributed by atoms with Crippen molar-refractivity contribution in [2.75, 3.05) is 33.2 Å². The Balaban J connectivity index is 2.06. The number of carbonyl (C=O) groups is 1. The molecule has 1 aliphatic heterocycles. The Morgan fingerprint density at radius 3 is 2.82 bits per heavy atom. The summed E-state index contributed by atoms with van der Waals surface area (Å²) >= 11 is 0. The minimum Gasteiger partial charge on any atom is -0.337 e. The Morgan fingerprint density at radius 2 is 2.12 bits per heavy atom. The molecule has 1 aromatic rings. The smallest absolute Gasteiger partial charge is 0.255 e. The summed E-state index contributed by atoms with van der Waals surface area (Å²) in [7, 11) is 2.05. The van der Waals surface area contributed by atoms with Crippen LogP contribution in [0, 0.1) is 5.95 Å². The Kier molecular flexibility index (Phi) is 3.68. The van der Waals surface area contributed by atoms with Crippen molar-refractivity contribution in [1.82, 2.24) is 14.8 Å². The molecule has 4 nitrogen and oxygen atoms in total. The lowest BCUT2D eigenvalue weighted by Gasteiger charge is -2.20. The fourth-order valence-electron chi connectivity index (χ4n) is 1.93. The number of halogens is 1. The monoisotopic (exact) mass is 237 g/mol. The van der Waals surface area contributed by atoms with Crippen LogP contribution in [0.25, 0.3) is 0 Å². The molecule has 2 heterocycles. The maximum atomic E-state index is 12.7. The van der Waals surface area contributed by atoms with Crippen LogP contribution < -0.4 is 0 Å². The van der Waals surface area contributed by atoms with Gasteiger partial charge in [-0.05, 0) is 32.1 Å². The summed E-state index contributed by atoms with van der Waals surface area (Å²) in [5.74, 6) is -0.620. The summed E-state index contributed by atoms with van der Waals surface area (Å²) in [5.41, 5.74) is 0.455. The molecule has 2 rings (SSSR count). The lowest BCUT2D eigenvalue weighted by Crippen LogP contribution is -2.34.